The molecule has 1 aromatic rings. The topological polar surface area (TPSA) is 20.3 Å². The summed E-state index contributed by atoms with van der Waals surface area (Å²) in [5.74, 6) is 0. The Bertz CT molecular complexity index is 374. The lowest BCUT2D eigenvalue weighted by Crippen LogP contribution is -2.35. The first-order valence-corrected chi connectivity index (χ1v) is 6.37. The van der Waals surface area contributed by atoms with Crippen molar-refractivity contribution in [1.29, 1.82) is 0 Å². The van der Waals surface area contributed by atoms with Crippen LogP contribution in [0.4, 0.5) is 0 Å². The van der Waals surface area contributed by atoms with Crippen LogP contribution in [-0.2, 0) is 5.41 Å². The fourth-order valence-corrected chi connectivity index (χ4v) is 3.11. The van der Waals surface area contributed by atoms with Crippen LogP contribution in [0.3, 0.4) is 0 Å². The van der Waals surface area contributed by atoms with E-state index < -0.39 is 0 Å². The highest BCUT2D eigenvalue weighted by Crippen LogP contribution is 2.41. The molecule has 0 aromatic heterocycles. The van der Waals surface area contributed by atoms with Gasteiger partial charge in [0.1, 0.15) is 6.29 Å². The van der Waals surface area contributed by atoms with Gasteiger partial charge in [0.2, 0.25) is 0 Å². The second-order valence-electron chi connectivity index (χ2n) is 5.47. The van der Waals surface area contributed by atoms with Gasteiger partial charge in [-0.15, -0.1) is 0 Å². The predicted molar refractivity (Wildman–Crippen MR) is 70.5 cm³/mol. The molecule has 17 heavy (non-hydrogen) atoms. The molecule has 0 saturated heterocycles. The highest BCUT2D eigenvalue weighted by Gasteiger charge is 2.35. The first-order valence-electron chi connectivity index (χ1n) is 6.37. The van der Waals surface area contributed by atoms with E-state index in [1.807, 2.05) is 12.1 Å². The van der Waals surface area contributed by atoms with Crippen LogP contribution < -0.4 is 0 Å². The van der Waals surface area contributed by atoms with Crippen molar-refractivity contribution in [1.82, 2.24) is 4.90 Å². The van der Waals surface area contributed by atoms with Crippen LogP contribution in [0.1, 0.15) is 41.6 Å². The molecule has 1 aliphatic carbocycles. The monoisotopic (exact) mass is 231 g/mol. The van der Waals surface area contributed by atoms with Crippen molar-refractivity contribution in [3.8, 4) is 0 Å². The second kappa shape index (κ2) is 5.01. The Labute approximate surface area is 104 Å². The Morgan fingerprint density at radius 3 is 2.24 bits per heavy atom. The lowest BCUT2D eigenvalue weighted by atomic mass is 9.78. The average molecular weight is 231 g/mol. The van der Waals surface area contributed by atoms with Gasteiger partial charge >= 0.3 is 0 Å². The van der Waals surface area contributed by atoms with E-state index in [0.717, 1.165) is 18.4 Å². The summed E-state index contributed by atoms with van der Waals surface area (Å²) < 4.78 is 0. The Hall–Kier alpha value is -1.15. The number of benzene rings is 1. The van der Waals surface area contributed by atoms with Crippen molar-refractivity contribution in [3.63, 3.8) is 0 Å². The molecule has 1 aliphatic rings. The van der Waals surface area contributed by atoms with Gasteiger partial charge < -0.3 is 4.90 Å². The van der Waals surface area contributed by atoms with Crippen LogP contribution >= 0.6 is 0 Å². The SMILES string of the molecule is CN(C)CC1(c2ccc(C=O)cc2)CCCC1. The molecule has 1 saturated carbocycles. The lowest BCUT2D eigenvalue weighted by Gasteiger charge is -2.32. The van der Waals surface area contributed by atoms with E-state index in [1.54, 1.807) is 0 Å². The molecule has 0 radical (unpaired) electrons. The summed E-state index contributed by atoms with van der Waals surface area (Å²) in [5, 5.41) is 0. The van der Waals surface area contributed by atoms with Gasteiger partial charge in [0.25, 0.3) is 0 Å². The molecule has 0 N–H and O–H groups in total. The smallest absolute Gasteiger partial charge is 0.150 e. The van der Waals surface area contributed by atoms with Crippen molar-refractivity contribution >= 4 is 6.29 Å². The Balaban J connectivity index is 2.28. The van der Waals surface area contributed by atoms with Gasteiger partial charge in [0.15, 0.2) is 0 Å². The van der Waals surface area contributed by atoms with Crippen molar-refractivity contribution in [2.75, 3.05) is 20.6 Å². The van der Waals surface area contributed by atoms with E-state index in [1.165, 1.54) is 31.2 Å². The van der Waals surface area contributed by atoms with E-state index in [4.69, 9.17) is 0 Å². The van der Waals surface area contributed by atoms with E-state index in [9.17, 15) is 4.79 Å². The van der Waals surface area contributed by atoms with Gasteiger partial charge in [0.05, 0.1) is 0 Å². The highest BCUT2D eigenvalue weighted by molar-refractivity contribution is 5.74. The third kappa shape index (κ3) is 2.58. The molecule has 92 valence electrons. The van der Waals surface area contributed by atoms with Crippen LogP contribution in [0.2, 0.25) is 0 Å². The minimum absolute atomic E-state index is 0.310. The maximum Gasteiger partial charge on any atom is 0.150 e. The number of carbonyl (C=O) groups is 1. The zero-order valence-corrected chi connectivity index (χ0v) is 10.8. The largest absolute Gasteiger partial charge is 0.309 e. The molecule has 0 aliphatic heterocycles. The van der Waals surface area contributed by atoms with E-state index >= 15 is 0 Å². The molecular formula is C15H21NO. The Morgan fingerprint density at radius 2 is 1.76 bits per heavy atom. The number of hydrogen-bond acceptors (Lipinski definition) is 2. The summed E-state index contributed by atoms with van der Waals surface area (Å²) in [6.07, 6.45) is 6.10. The van der Waals surface area contributed by atoms with Gasteiger partial charge in [-0.2, -0.15) is 0 Å². The fraction of sp³-hybridized carbons (Fsp3) is 0.533. The summed E-state index contributed by atoms with van der Waals surface area (Å²) in [6.45, 7) is 1.10. The third-order valence-electron chi connectivity index (χ3n) is 3.84. The highest BCUT2D eigenvalue weighted by atomic mass is 16.1. The zero-order chi connectivity index (χ0) is 12.3. The zero-order valence-electron chi connectivity index (χ0n) is 10.8. The van der Waals surface area contributed by atoms with Crippen molar-refractivity contribution in [2.45, 2.75) is 31.1 Å². The maximum atomic E-state index is 10.7. The van der Waals surface area contributed by atoms with Crippen LogP contribution in [0.15, 0.2) is 24.3 Å². The van der Waals surface area contributed by atoms with Gasteiger partial charge in [-0.05, 0) is 32.5 Å². The standard InChI is InChI=1S/C15H21NO/c1-16(2)12-15(9-3-4-10-15)14-7-5-13(11-17)6-8-14/h5-8,11H,3-4,9-10,12H2,1-2H3. The van der Waals surface area contributed by atoms with Crippen molar-refractivity contribution in [2.24, 2.45) is 0 Å². The third-order valence-corrected chi connectivity index (χ3v) is 3.84. The molecule has 1 fully saturated rings. The Morgan fingerprint density at radius 1 is 1.18 bits per heavy atom. The average Bonchev–Trinajstić information content (AvgIpc) is 2.78. The number of hydrogen-bond donors (Lipinski definition) is 0. The van der Waals surface area contributed by atoms with Gasteiger partial charge in [-0.3, -0.25) is 4.79 Å². The molecule has 0 atom stereocenters. The number of likely N-dealkylation sites (N-methyl/N-ethyl adjacent to an activating group) is 1. The number of nitrogens with zero attached hydrogens (tertiary/aromatic N) is 1. The molecule has 0 spiro atoms. The van der Waals surface area contributed by atoms with E-state index in [2.05, 4.69) is 31.1 Å². The van der Waals surface area contributed by atoms with Crippen LogP contribution in [0, 0.1) is 0 Å². The van der Waals surface area contributed by atoms with E-state index in [0.29, 0.717) is 5.41 Å². The van der Waals surface area contributed by atoms with Crippen molar-refractivity contribution < 1.29 is 4.79 Å². The summed E-state index contributed by atoms with van der Waals surface area (Å²) in [5.41, 5.74) is 2.48. The molecule has 2 rings (SSSR count). The van der Waals surface area contributed by atoms with Crippen molar-refractivity contribution in [3.05, 3.63) is 35.4 Å². The van der Waals surface area contributed by atoms with E-state index in [-0.39, 0.29) is 0 Å². The summed E-state index contributed by atoms with van der Waals surface area (Å²) in [7, 11) is 4.28. The number of carbonyl (C=O) groups excluding carboxylic acids is 1. The summed E-state index contributed by atoms with van der Waals surface area (Å²) >= 11 is 0. The fourth-order valence-electron chi connectivity index (χ4n) is 3.11. The molecule has 0 amide bonds. The molecule has 2 nitrogen and oxygen atoms in total. The molecule has 0 heterocycles. The molecule has 1 aromatic carbocycles. The summed E-state index contributed by atoms with van der Waals surface area (Å²) in [4.78, 5) is 13.0. The number of aldehydes is 1. The maximum absolute atomic E-state index is 10.7. The molecule has 0 bridgehead atoms. The predicted octanol–water partition coefficient (Wildman–Crippen LogP) is 2.87. The summed E-state index contributed by atoms with van der Waals surface area (Å²) in [6, 6.07) is 8.16. The lowest BCUT2D eigenvalue weighted by molar-refractivity contribution is 0.112. The first kappa shape index (κ1) is 12.3. The molecular weight excluding hydrogens is 210 g/mol. The van der Waals surface area contributed by atoms with Crippen LogP contribution in [-0.4, -0.2) is 31.8 Å². The molecule has 2 heteroatoms. The molecule has 0 unspecified atom stereocenters. The first-order chi connectivity index (χ1) is 8.16. The number of rotatable bonds is 4. The quantitative estimate of drug-likeness (QED) is 0.743. The van der Waals surface area contributed by atoms with Gasteiger partial charge in [0, 0.05) is 17.5 Å². The van der Waals surface area contributed by atoms with Gasteiger partial charge in [-0.1, -0.05) is 37.1 Å². The minimum Gasteiger partial charge on any atom is -0.309 e. The minimum atomic E-state index is 0.310. The van der Waals surface area contributed by atoms with Gasteiger partial charge in [-0.25, -0.2) is 0 Å². The Kier molecular flexibility index (Phi) is 3.63. The second-order valence-corrected chi connectivity index (χ2v) is 5.47. The normalized spacial score (nSPS) is 18.5. The van der Waals surface area contributed by atoms with Crippen LogP contribution in [0.5, 0.6) is 0 Å². The van der Waals surface area contributed by atoms with Crippen LogP contribution in [0.25, 0.3) is 0 Å².